The highest BCUT2D eigenvalue weighted by Gasteiger charge is 2.14. The van der Waals surface area contributed by atoms with Gasteiger partial charge in [0.05, 0.1) is 5.75 Å². The van der Waals surface area contributed by atoms with Gasteiger partial charge in [-0.1, -0.05) is 0 Å². The number of piperidine rings is 1. The molecule has 3 N–H and O–H groups in total. The highest BCUT2D eigenvalue weighted by molar-refractivity contribution is 7.89. The maximum Gasteiger partial charge on any atom is 0.209 e. The molecule has 0 spiro atoms. The van der Waals surface area contributed by atoms with Crippen molar-refractivity contribution in [3.8, 4) is 0 Å². The molecule has 0 bridgehead atoms. The van der Waals surface area contributed by atoms with Gasteiger partial charge in [-0.05, 0) is 38.3 Å². The molecule has 0 amide bonds. The number of nitrogens with one attached hydrogen (secondary N) is 1. The number of hydrogen-bond donors (Lipinski definition) is 2. The molecule has 0 saturated carbocycles. The van der Waals surface area contributed by atoms with Crippen LogP contribution >= 0.6 is 12.4 Å². The van der Waals surface area contributed by atoms with Crippen molar-refractivity contribution in [3.05, 3.63) is 0 Å². The Morgan fingerprint density at radius 1 is 1.31 bits per heavy atom. The monoisotopic (exact) mass is 228 g/mol. The van der Waals surface area contributed by atoms with E-state index in [0.29, 0.717) is 5.92 Å². The lowest BCUT2D eigenvalue weighted by Gasteiger charge is -2.21. The lowest BCUT2D eigenvalue weighted by Crippen LogP contribution is -2.29. The van der Waals surface area contributed by atoms with Gasteiger partial charge in [-0.25, -0.2) is 13.6 Å². The van der Waals surface area contributed by atoms with E-state index in [1.807, 2.05) is 0 Å². The molecule has 1 rings (SSSR count). The SMILES string of the molecule is Cl.NS(=O)(=O)CCC1CCNCC1. The fourth-order valence-electron chi connectivity index (χ4n) is 1.50. The summed E-state index contributed by atoms with van der Waals surface area (Å²) in [6, 6.07) is 0. The summed E-state index contributed by atoms with van der Waals surface area (Å²) in [4.78, 5) is 0. The molecule has 6 heteroatoms. The first kappa shape index (κ1) is 13.2. The summed E-state index contributed by atoms with van der Waals surface area (Å²) in [5.74, 6) is 0.682. The van der Waals surface area contributed by atoms with E-state index >= 15 is 0 Å². The topological polar surface area (TPSA) is 72.2 Å². The zero-order chi connectivity index (χ0) is 9.03. The largest absolute Gasteiger partial charge is 0.317 e. The summed E-state index contributed by atoms with van der Waals surface area (Å²) >= 11 is 0. The zero-order valence-electron chi connectivity index (χ0n) is 7.53. The highest BCUT2D eigenvalue weighted by atomic mass is 35.5. The molecule has 13 heavy (non-hydrogen) atoms. The van der Waals surface area contributed by atoms with Gasteiger partial charge in [0.1, 0.15) is 0 Å². The molecule has 1 aliphatic rings. The van der Waals surface area contributed by atoms with Crippen molar-refractivity contribution >= 4 is 22.4 Å². The lowest BCUT2D eigenvalue weighted by atomic mass is 9.96. The minimum atomic E-state index is -3.24. The van der Waals surface area contributed by atoms with Gasteiger partial charge >= 0.3 is 0 Å². The van der Waals surface area contributed by atoms with E-state index in [0.717, 1.165) is 32.4 Å². The Balaban J connectivity index is 0.00000144. The number of sulfonamides is 1. The predicted molar refractivity (Wildman–Crippen MR) is 55.4 cm³/mol. The van der Waals surface area contributed by atoms with Crippen LogP contribution in [-0.2, 0) is 10.0 Å². The molecule has 0 aromatic carbocycles. The van der Waals surface area contributed by atoms with Gasteiger partial charge in [0.15, 0.2) is 0 Å². The van der Waals surface area contributed by atoms with Gasteiger partial charge in [-0.2, -0.15) is 0 Å². The molecule has 0 aromatic rings. The summed E-state index contributed by atoms with van der Waals surface area (Å²) in [5.41, 5.74) is 0. The fraction of sp³-hybridized carbons (Fsp3) is 1.00. The van der Waals surface area contributed by atoms with Crippen LogP contribution in [0, 0.1) is 5.92 Å². The summed E-state index contributed by atoms with van der Waals surface area (Å²) in [6.45, 7) is 2.02. The van der Waals surface area contributed by atoms with Crippen LogP contribution in [0.3, 0.4) is 0 Å². The predicted octanol–water partition coefficient (Wildman–Crippen LogP) is 0.0864. The molecule has 80 valence electrons. The molecule has 1 saturated heterocycles. The number of nitrogens with two attached hydrogens (primary N) is 1. The molecule has 0 aliphatic carbocycles. The van der Waals surface area contributed by atoms with E-state index in [-0.39, 0.29) is 18.2 Å². The Labute approximate surface area is 85.7 Å². The van der Waals surface area contributed by atoms with E-state index in [9.17, 15) is 8.42 Å². The molecule has 0 radical (unpaired) electrons. The van der Waals surface area contributed by atoms with Crippen LogP contribution in [-0.4, -0.2) is 27.3 Å². The third kappa shape index (κ3) is 6.26. The molecule has 0 unspecified atom stereocenters. The number of primary sulfonamides is 1. The third-order valence-corrected chi connectivity index (χ3v) is 3.07. The van der Waals surface area contributed by atoms with Crippen molar-refractivity contribution in [2.24, 2.45) is 11.1 Å². The first-order valence-electron chi connectivity index (χ1n) is 4.29. The third-order valence-electron chi connectivity index (χ3n) is 2.27. The van der Waals surface area contributed by atoms with Crippen LogP contribution in [0.2, 0.25) is 0 Å². The van der Waals surface area contributed by atoms with Gasteiger partial charge in [-0.15, -0.1) is 12.4 Å². The highest BCUT2D eigenvalue weighted by Crippen LogP contribution is 2.15. The van der Waals surface area contributed by atoms with Gasteiger partial charge in [-0.3, -0.25) is 0 Å². The van der Waals surface area contributed by atoms with Crippen molar-refractivity contribution in [2.75, 3.05) is 18.8 Å². The summed E-state index contributed by atoms with van der Waals surface area (Å²) in [7, 11) is -3.24. The number of rotatable bonds is 3. The van der Waals surface area contributed by atoms with Gasteiger partial charge in [0, 0.05) is 0 Å². The molecule has 0 aromatic heterocycles. The number of hydrogen-bond acceptors (Lipinski definition) is 3. The minimum absolute atomic E-state index is 0. The van der Waals surface area contributed by atoms with Crippen molar-refractivity contribution in [3.63, 3.8) is 0 Å². The van der Waals surface area contributed by atoms with Crippen LogP contribution in [0.25, 0.3) is 0 Å². The average Bonchev–Trinajstić information content (AvgIpc) is 2.02. The molecule has 0 atom stereocenters. The van der Waals surface area contributed by atoms with E-state index in [4.69, 9.17) is 5.14 Å². The van der Waals surface area contributed by atoms with Crippen molar-refractivity contribution in [1.29, 1.82) is 0 Å². The molecule has 1 aliphatic heterocycles. The normalized spacial score (nSPS) is 19.5. The van der Waals surface area contributed by atoms with Gasteiger partial charge in [0.25, 0.3) is 0 Å². The molecule has 4 nitrogen and oxygen atoms in total. The first-order chi connectivity index (χ1) is 5.58. The Bertz CT molecular complexity index is 225. The van der Waals surface area contributed by atoms with Crippen LogP contribution in [0.4, 0.5) is 0 Å². The Kier molecular flexibility index (Phi) is 5.87. The van der Waals surface area contributed by atoms with Gasteiger partial charge < -0.3 is 5.32 Å². The molecular weight excluding hydrogens is 212 g/mol. The second-order valence-electron chi connectivity index (χ2n) is 3.35. The summed E-state index contributed by atoms with van der Waals surface area (Å²) in [5, 5.41) is 8.14. The van der Waals surface area contributed by atoms with Crippen molar-refractivity contribution in [2.45, 2.75) is 19.3 Å². The van der Waals surface area contributed by atoms with Crippen LogP contribution in [0.1, 0.15) is 19.3 Å². The van der Waals surface area contributed by atoms with Crippen molar-refractivity contribution < 1.29 is 8.42 Å². The smallest absolute Gasteiger partial charge is 0.209 e. The van der Waals surface area contributed by atoms with Crippen LogP contribution in [0.15, 0.2) is 0 Å². The van der Waals surface area contributed by atoms with Crippen molar-refractivity contribution in [1.82, 2.24) is 5.32 Å². The van der Waals surface area contributed by atoms with Crippen LogP contribution < -0.4 is 10.5 Å². The standard InChI is InChI=1S/C7H16N2O2S.ClH/c8-12(10,11)6-3-7-1-4-9-5-2-7;/h7,9H,1-6H2,(H2,8,10,11);1H. The number of halogens is 1. The summed E-state index contributed by atoms with van der Waals surface area (Å²) < 4.78 is 21.3. The first-order valence-corrected chi connectivity index (χ1v) is 6.00. The fourth-order valence-corrected chi connectivity index (χ4v) is 2.16. The van der Waals surface area contributed by atoms with E-state index in [1.54, 1.807) is 0 Å². The molecule has 1 heterocycles. The average molecular weight is 229 g/mol. The Hall–Kier alpha value is 0.160. The quantitative estimate of drug-likeness (QED) is 0.719. The van der Waals surface area contributed by atoms with E-state index < -0.39 is 10.0 Å². The maximum atomic E-state index is 10.6. The molecular formula is C7H17ClN2O2S. The Morgan fingerprint density at radius 2 is 1.85 bits per heavy atom. The van der Waals surface area contributed by atoms with Crippen LogP contribution in [0.5, 0.6) is 0 Å². The minimum Gasteiger partial charge on any atom is -0.317 e. The van der Waals surface area contributed by atoms with Gasteiger partial charge in [0.2, 0.25) is 10.0 Å². The molecule has 1 fully saturated rings. The van der Waals surface area contributed by atoms with E-state index in [1.165, 1.54) is 0 Å². The Morgan fingerprint density at radius 3 is 2.31 bits per heavy atom. The lowest BCUT2D eigenvalue weighted by molar-refractivity contribution is 0.365. The zero-order valence-corrected chi connectivity index (χ0v) is 9.16. The second-order valence-corrected chi connectivity index (χ2v) is 5.08. The maximum absolute atomic E-state index is 10.6. The van der Waals surface area contributed by atoms with E-state index in [2.05, 4.69) is 5.32 Å². The second kappa shape index (κ2) is 5.80. The summed E-state index contributed by atoms with van der Waals surface area (Å²) in [6.07, 6.45) is 2.88.